The lowest BCUT2D eigenvalue weighted by molar-refractivity contribution is 0.239. The number of hydrogen-bond acceptors (Lipinski definition) is 4. The van der Waals surface area contributed by atoms with E-state index in [4.69, 9.17) is 28.2 Å². The first-order valence-electron chi connectivity index (χ1n) is 12.2. The van der Waals surface area contributed by atoms with E-state index in [1.165, 1.54) is 18.2 Å². The highest BCUT2D eigenvalue weighted by Crippen LogP contribution is 2.38. The number of allylic oxidation sites excluding steroid dienone is 4. The molecule has 0 aliphatic heterocycles. The Bertz CT molecular complexity index is 1680. The molecule has 2 aromatic carbocycles. The van der Waals surface area contributed by atoms with Crippen molar-refractivity contribution in [2.45, 2.75) is 24.8 Å². The van der Waals surface area contributed by atoms with Gasteiger partial charge < -0.3 is 25.7 Å². The summed E-state index contributed by atoms with van der Waals surface area (Å²) >= 11 is 12.5. The largest absolute Gasteiger partial charge is 0.507 e. The van der Waals surface area contributed by atoms with Crippen molar-refractivity contribution in [1.29, 1.82) is 0 Å². The quantitative estimate of drug-likeness (QED) is 0.196. The van der Waals surface area contributed by atoms with E-state index >= 15 is 0 Å². The number of fused-ring (bicyclic) bond motifs is 1. The Morgan fingerprint density at radius 1 is 1.10 bits per heavy atom. The number of H-pyrrole nitrogens is 2. The molecule has 0 saturated carbocycles. The normalized spacial score (nSPS) is 16.5. The van der Waals surface area contributed by atoms with Gasteiger partial charge in [-0.1, -0.05) is 53.6 Å². The first kappa shape index (κ1) is 26.5. The number of nitrogens with one attached hydrogen (secondary N) is 4. The molecule has 0 fully saturated rings. The molecule has 2 amide bonds. The van der Waals surface area contributed by atoms with Gasteiger partial charge in [-0.2, -0.15) is 0 Å². The maximum Gasteiger partial charge on any atom is 0.315 e. The van der Waals surface area contributed by atoms with Crippen LogP contribution in [-0.2, 0) is 12.0 Å². The van der Waals surface area contributed by atoms with E-state index in [-0.39, 0.29) is 12.3 Å². The van der Waals surface area contributed by atoms with Gasteiger partial charge >= 0.3 is 6.03 Å². The van der Waals surface area contributed by atoms with Crippen LogP contribution in [0.3, 0.4) is 0 Å². The molecule has 5 rings (SSSR count). The third kappa shape index (κ3) is 5.69. The van der Waals surface area contributed by atoms with Crippen LogP contribution in [-0.4, -0.2) is 32.6 Å². The number of aromatic nitrogens is 3. The zero-order valence-electron chi connectivity index (χ0n) is 20.5. The number of benzene rings is 2. The number of carbonyl (C=O) groups is 1. The fourth-order valence-electron chi connectivity index (χ4n) is 4.62. The number of aromatic amines is 2. The van der Waals surface area contributed by atoms with Crippen LogP contribution in [0.1, 0.15) is 24.2 Å². The molecule has 1 aliphatic rings. The predicted octanol–water partition coefficient (Wildman–Crippen LogP) is 5.71. The third-order valence-corrected chi connectivity index (χ3v) is 7.18. The van der Waals surface area contributed by atoms with E-state index in [0.29, 0.717) is 63.1 Å². The molecular weight excluding hydrogens is 544 g/mol. The van der Waals surface area contributed by atoms with E-state index in [0.717, 1.165) is 6.07 Å². The lowest BCUT2D eigenvalue weighted by atomic mass is 9.78. The first-order valence-corrected chi connectivity index (χ1v) is 12.9. The van der Waals surface area contributed by atoms with Gasteiger partial charge in [-0.15, -0.1) is 0 Å². The molecular formula is C28H24Cl2FN5O3. The van der Waals surface area contributed by atoms with E-state index in [1.807, 2.05) is 24.3 Å². The summed E-state index contributed by atoms with van der Waals surface area (Å²) in [7, 11) is 0. The smallest absolute Gasteiger partial charge is 0.315 e. The molecule has 8 nitrogen and oxygen atoms in total. The van der Waals surface area contributed by atoms with Crippen molar-refractivity contribution < 1.29 is 14.3 Å². The molecule has 0 unspecified atom stereocenters. The number of hydrogen-bond donors (Lipinski definition) is 5. The molecule has 0 saturated heterocycles. The second-order valence-corrected chi connectivity index (χ2v) is 10.1. The third-order valence-electron chi connectivity index (χ3n) is 6.67. The van der Waals surface area contributed by atoms with Crippen LogP contribution in [0.2, 0.25) is 10.2 Å². The monoisotopic (exact) mass is 567 g/mol. The van der Waals surface area contributed by atoms with E-state index in [1.54, 1.807) is 18.2 Å². The molecule has 4 aromatic rings. The van der Waals surface area contributed by atoms with E-state index in [9.17, 15) is 19.1 Å². The van der Waals surface area contributed by atoms with Gasteiger partial charge in [-0.3, -0.25) is 4.79 Å². The molecule has 0 radical (unpaired) electrons. The number of rotatable bonds is 7. The van der Waals surface area contributed by atoms with Gasteiger partial charge in [0.15, 0.2) is 0 Å². The van der Waals surface area contributed by atoms with Gasteiger partial charge in [0.1, 0.15) is 28.2 Å². The first-order chi connectivity index (χ1) is 18.7. The van der Waals surface area contributed by atoms with Crippen molar-refractivity contribution in [3.8, 4) is 17.0 Å². The zero-order valence-corrected chi connectivity index (χ0v) is 22.0. The number of imidazole rings is 1. The average Bonchev–Trinajstić information content (AvgIpc) is 3.31. The van der Waals surface area contributed by atoms with Crippen LogP contribution in [0.25, 0.3) is 22.2 Å². The molecule has 11 heteroatoms. The molecule has 2 aromatic heterocycles. The topological polar surface area (TPSA) is 123 Å². The zero-order chi connectivity index (χ0) is 27.6. The summed E-state index contributed by atoms with van der Waals surface area (Å²) < 4.78 is 13.9. The summed E-state index contributed by atoms with van der Waals surface area (Å²) in [6.07, 6.45) is 9.04. The minimum absolute atomic E-state index is 0.00162. The van der Waals surface area contributed by atoms with Gasteiger partial charge in [0, 0.05) is 40.7 Å². The average molecular weight is 568 g/mol. The second kappa shape index (κ2) is 11.0. The fourth-order valence-corrected chi connectivity index (χ4v) is 5.06. The lowest BCUT2D eigenvalue weighted by Gasteiger charge is -2.29. The highest BCUT2D eigenvalue weighted by Gasteiger charge is 2.33. The Labute approximate surface area is 232 Å². The van der Waals surface area contributed by atoms with Crippen LogP contribution in [0.5, 0.6) is 5.75 Å². The van der Waals surface area contributed by atoms with Crippen molar-refractivity contribution in [3.05, 3.63) is 105 Å². The second-order valence-electron chi connectivity index (χ2n) is 9.27. The lowest BCUT2D eigenvalue weighted by Crippen LogP contribution is -2.38. The summed E-state index contributed by atoms with van der Waals surface area (Å²) in [6, 6.07) is 10.0. The molecule has 0 spiro atoms. The van der Waals surface area contributed by atoms with Crippen LogP contribution in [0, 0.1) is 5.82 Å². The van der Waals surface area contributed by atoms with Crippen molar-refractivity contribution in [2.24, 2.45) is 0 Å². The number of amides is 2. The van der Waals surface area contributed by atoms with E-state index < -0.39 is 22.8 Å². The Morgan fingerprint density at radius 3 is 2.74 bits per heavy atom. The molecule has 200 valence electrons. The highest BCUT2D eigenvalue weighted by molar-refractivity contribution is 6.32. The molecule has 1 aliphatic carbocycles. The number of carbonyl (C=O) groups excluding carboxylic acids is 1. The minimum Gasteiger partial charge on any atom is -0.507 e. The number of halogens is 3. The maximum absolute atomic E-state index is 13.9. The van der Waals surface area contributed by atoms with Crippen molar-refractivity contribution in [3.63, 3.8) is 0 Å². The Balaban J connectivity index is 1.32. The number of nitrogens with zero attached hydrogens (tertiary/aromatic N) is 1. The van der Waals surface area contributed by atoms with Crippen LogP contribution < -0.4 is 16.2 Å². The number of aromatic hydroxyl groups is 1. The molecule has 1 atom stereocenters. The Morgan fingerprint density at radius 2 is 1.95 bits per heavy atom. The Hall–Kier alpha value is -4.08. The molecule has 2 heterocycles. The fraction of sp³-hybridized carbons (Fsp3) is 0.179. The minimum atomic E-state index is -0.562. The summed E-state index contributed by atoms with van der Waals surface area (Å²) in [5.41, 5.74) is 0.985. The predicted molar refractivity (Wildman–Crippen MR) is 150 cm³/mol. The molecule has 0 bridgehead atoms. The van der Waals surface area contributed by atoms with Gasteiger partial charge in [0.05, 0.1) is 10.9 Å². The SMILES string of the molecule is O=C(NCC[C@]1(c2nc(-c3ccc4[nH]c(=O)cc(O)c4c3)c(Cl)[nH]2)C=CC=CC1)NCc1cc(Cl)ccc1F. The van der Waals surface area contributed by atoms with Crippen LogP contribution >= 0.6 is 23.2 Å². The number of urea groups is 1. The molecule has 5 N–H and O–H groups in total. The van der Waals surface area contributed by atoms with Crippen molar-refractivity contribution in [1.82, 2.24) is 25.6 Å². The van der Waals surface area contributed by atoms with Gasteiger partial charge in [0.2, 0.25) is 0 Å². The van der Waals surface area contributed by atoms with Gasteiger partial charge in [-0.05, 0) is 43.2 Å². The summed E-state index contributed by atoms with van der Waals surface area (Å²) in [4.78, 5) is 34.7. The standard InChI is InChI=1S/C28H24Cl2FN5O3/c29-18-5-6-20(31)17(12-18)15-33-27(39)32-11-10-28(8-2-1-3-9-28)26-35-24(25(30)36-26)16-4-7-21-19(13-16)22(37)14-23(38)34-21/h1-8,12-14H,9-11,15H2,(H,35,36)(H2,32,33,39)(H2,34,37,38)/t28-/m0/s1. The summed E-state index contributed by atoms with van der Waals surface area (Å²) in [5, 5.41) is 16.9. The van der Waals surface area contributed by atoms with E-state index in [2.05, 4.69) is 20.6 Å². The van der Waals surface area contributed by atoms with Crippen LogP contribution in [0.4, 0.5) is 9.18 Å². The summed E-state index contributed by atoms with van der Waals surface area (Å²) in [5.74, 6) is 0.0389. The van der Waals surface area contributed by atoms with Gasteiger partial charge in [-0.25, -0.2) is 14.2 Å². The van der Waals surface area contributed by atoms with Crippen molar-refractivity contribution in [2.75, 3.05) is 6.54 Å². The van der Waals surface area contributed by atoms with Gasteiger partial charge in [0.25, 0.3) is 5.56 Å². The Kier molecular flexibility index (Phi) is 7.45. The maximum atomic E-state index is 13.9. The number of pyridine rings is 1. The summed E-state index contributed by atoms with van der Waals surface area (Å²) in [6.45, 7) is 0.311. The highest BCUT2D eigenvalue weighted by atomic mass is 35.5. The molecule has 39 heavy (non-hydrogen) atoms. The van der Waals surface area contributed by atoms with Crippen molar-refractivity contribution >= 4 is 40.1 Å². The van der Waals surface area contributed by atoms with Crippen LogP contribution in [0.15, 0.2) is 71.6 Å².